The number of benzene rings is 1. The van der Waals surface area contributed by atoms with Crippen LogP contribution in [0.1, 0.15) is 48.0 Å². The molecule has 9 heteroatoms. The smallest absolute Gasteiger partial charge is 0.273 e. The number of aryl methyl sites for hydroxylation is 1. The molecule has 2 unspecified atom stereocenters. The number of amides is 1. The molecule has 0 aliphatic carbocycles. The SMILES string of the molecule is Cc1cc(C(=O)NC(C)CC[C@H]2CC3(CSC(N)=N3)c3cc(Br)ccc3O2)no1. The van der Waals surface area contributed by atoms with Crippen molar-refractivity contribution in [2.24, 2.45) is 10.7 Å². The molecule has 7 nitrogen and oxygen atoms in total. The van der Waals surface area contributed by atoms with Crippen LogP contribution < -0.4 is 15.8 Å². The maximum Gasteiger partial charge on any atom is 0.273 e. The average Bonchev–Trinajstić information content (AvgIpc) is 3.27. The molecule has 4 rings (SSSR count). The van der Waals surface area contributed by atoms with E-state index in [1.54, 1.807) is 24.8 Å². The first-order valence-electron chi connectivity index (χ1n) is 9.54. The van der Waals surface area contributed by atoms with Gasteiger partial charge in [0.15, 0.2) is 10.9 Å². The molecule has 1 aromatic carbocycles. The molecule has 0 saturated heterocycles. The van der Waals surface area contributed by atoms with Crippen LogP contribution in [0.15, 0.2) is 38.3 Å². The van der Waals surface area contributed by atoms with Gasteiger partial charge in [-0.15, -0.1) is 0 Å². The van der Waals surface area contributed by atoms with Gasteiger partial charge in [-0.3, -0.25) is 9.79 Å². The number of rotatable bonds is 5. The molecule has 154 valence electrons. The molecule has 1 amide bonds. The Labute approximate surface area is 182 Å². The fraction of sp³-hybridized carbons (Fsp3) is 0.450. The molecule has 1 aromatic heterocycles. The van der Waals surface area contributed by atoms with E-state index in [9.17, 15) is 4.79 Å². The van der Waals surface area contributed by atoms with Crippen LogP contribution >= 0.6 is 27.7 Å². The van der Waals surface area contributed by atoms with Gasteiger partial charge in [-0.1, -0.05) is 32.8 Å². The zero-order chi connectivity index (χ0) is 20.6. The number of nitrogens with two attached hydrogens (primary N) is 1. The lowest BCUT2D eigenvalue weighted by Gasteiger charge is -2.38. The summed E-state index contributed by atoms with van der Waals surface area (Å²) in [5.74, 6) is 2.07. The Morgan fingerprint density at radius 3 is 3.00 bits per heavy atom. The Balaban J connectivity index is 1.42. The minimum atomic E-state index is -0.346. The number of carbonyl (C=O) groups is 1. The summed E-state index contributed by atoms with van der Waals surface area (Å²) in [6.45, 7) is 3.74. The number of halogens is 1. The molecular weight excluding hydrogens is 456 g/mol. The highest BCUT2D eigenvalue weighted by molar-refractivity contribution is 9.10. The van der Waals surface area contributed by atoms with E-state index in [1.165, 1.54) is 0 Å². The van der Waals surface area contributed by atoms with E-state index >= 15 is 0 Å². The highest BCUT2D eigenvalue weighted by Gasteiger charge is 2.45. The van der Waals surface area contributed by atoms with E-state index in [4.69, 9.17) is 20.0 Å². The van der Waals surface area contributed by atoms with Crippen LogP contribution in [0.2, 0.25) is 0 Å². The highest BCUT2D eigenvalue weighted by Crippen LogP contribution is 2.48. The maximum absolute atomic E-state index is 12.3. The molecule has 3 heterocycles. The number of aliphatic imine (C=N–C) groups is 1. The number of aromatic nitrogens is 1. The van der Waals surface area contributed by atoms with E-state index in [0.29, 0.717) is 16.6 Å². The van der Waals surface area contributed by atoms with Crippen molar-refractivity contribution in [3.05, 3.63) is 45.8 Å². The average molecular weight is 479 g/mol. The lowest BCUT2D eigenvalue weighted by molar-refractivity contribution is 0.0913. The zero-order valence-electron chi connectivity index (χ0n) is 16.3. The van der Waals surface area contributed by atoms with Gasteiger partial charge < -0.3 is 20.3 Å². The van der Waals surface area contributed by atoms with Gasteiger partial charge in [-0.05, 0) is 44.9 Å². The second kappa shape index (κ2) is 8.02. The largest absolute Gasteiger partial charge is 0.490 e. The van der Waals surface area contributed by atoms with Crippen LogP contribution in [-0.2, 0) is 5.54 Å². The monoisotopic (exact) mass is 478 g/mol. The topological polar surface area (TPSA) is 103 Å². The summed E-state index contributed by atoms with van der Waals surface area (Å²) in [5, 5.41) is 7.36. The summed E-state index contributed by atoms with van der Waals surface area (Å²) >= 11 is 5.14. The summed E-state index contributed by atoms with van der Waals surface area (Å²) in [6.07, 6.45) is 2.36. The Morgan fingerprint density at radius 1 is 1.48 bits per heavy atom. The first kappa shape index (κ1) is 20.3. The minimum absolute atomic E-state index is 0.00701. The van der Waals surface area contributed by atoms with Crippen molar-refractivity contribution in [3.8, 4) is 5.75 Å². The van der Waals surface area contributed by atoms with Gasteiger partial charge in [0.05, 0.1) is 0 Å². The highest BCUT2D eigenvalue weighted by atomic mass is 79.9. The van der Waals surface area contributed by atoms with Gasteiger partial charge in [0.25, 0.3) is 5.91 Å². The van der Waals surface area contributed by atoms with E-state index in [2.05, 4.69) is 32.5 Å². The molecule has 29 heavy (non-hydrogen) atoms. The normalized spacial score (nSPS) is 24.0. The molecule has 2 aliphatic heterocycles. The second-order valence-corrected chi connectivity index (χ2v) is 9.54. The van der Waals surface area contributed by atoms with Crippen LogP contribution in [0.3, 0.4) is 0 Å². The van der Waals surface area contributed by atoms with Crippen LogP contribution in [0.5, 0.6) is 5.75 Å². The van der Waals surface area contributed by atoms with Crippen LogP contribution in [-0.4, -0.2) is 34.1 Å². The molecule has 2 aromatic rings. The molecule has 1 spiro atoms. The third-order valence-electron chi connectivity index (χ3n) is 5.24. The van der Waals surface area contributed by atoms with Crippen molar-refractivity contribution in [2.45, 2.75) is 50.8 Å². The molecule has 0 fully saturated rings. The number of hydrogen-bond acceptors (Lipinski definition) is 7. The molecule has 0 radical (unpaired) electrons. The van der Waals surface area contributed by atoms with E-state index < -0.39 is 0 Å². The predicted octanol–water partition coefficient (Wildman–Crippen LogP) is 3.75. The number of fused-ring (bicyclic) bond motifs is 2. The Morgan fingerprint density at radius 2 is 2.31 bits per heavy atom. The number of nitrogens with zero attached hydrogens (tertiary/aromatic N) is 2. The van der Waals surface area contributed by atoms with Gasteiger partial charge in [-0.2, -0.15) is 0 Å². The molecule has 3 N–H and O–H groups in total. The fourth-order valence-corrected chi connectivity index (χ4v) is 5.15. The molecular formula is C20H23BrN4O3S. The first-order chi connectivity index (χ1) is 13.8. The summed E-state index contributed by atoms with van der Waals surface area (Å²) < 4.78 is 12.2. The fourth-order valence-electron chi connectivity index (χ4n) is 3.83. The zero-order valence-corrected chi connectivity index (χ0v) is 18.7. The molecule has 0 bridgehead atoms. The van der Waals surface area contributed by atoms with Crippen LogP contribution in [0.25, 0.3) is 0 Å². The maximum atomic E-state index is 12.3. The Kier molecular flexibility index (Phi) is 5.61. The number of carbonyl (C=O) groups excluding carboxylic acids is 1. The van der Waals surface area contributed by atoms with Gasteiger partial charge >= 0.3 is 0 Å². The van der Waals surface area contributed by atoms with Gasteiger partial charge in [0.2, 0.25) is 0 Å². The van der Waals surface area contributed by atoms with E-state index in [-0.39, 0.29) is 23.6 Å². The van der Waals surface area contributed by atoms with Crippen molar-refractivity contribution in [1.29, 1.82) is 0 Å². The lowest BCUT2D eigenvalue weighted by atomic mass is 9.82. The number of ether oxygens (including phenoxy) is 1. The Bertz CT molecular complexity index is 963. The summed E-state index contributed by atoms with van der Waals surface area (Å²) in [4.78, 5) is 17.0. The summed E-state index contributed by atoms with van der Waals surface area (Å²) in [6, 6.07) is 7.66. The lowest BCUT2D eigenvalue weighted by Crippen LogP contribution is -2.39. The van der Waals surface area contributed by atoms with Crippen molar-refractivity contribution in [2.75, 3.05) is 5.75 Å². The van der Waals surface area contributed by atoms with E-state index in [0.717, 1.165) is 40.8 Å². The first-order valence-corrected chi connectivity index (χ1v) is 11.3. The third-order valence-corrected chi connectivity index (χ3v) is 6.75. The third kappa shape index (κ3) is 4.30. The summed E-state index contributed by atoms with van der Waals surface area (Å²) in [7, 11) is 0. The van der Waals surface area contributed by atoms with Crippen molar-refractivity contribution in [3.63, 3.8) is 0 Å². The van der Waals surface area contributed by atoms with Gasteiger partial charge in [0, 0.05) is 34.3 Å². The van der Waals surface area contributed by atoms with E-state index in [1.807, 2.05) is 19.1 Å². The number of amidine groups is 1. The van der Waals surface area contributed by atoms with Crippen molar-refractivity contribution >= 4 is 38.8 Å². The van der Waals surface area contributed by atoms with Gasteiger partial charge in [-0.25, -0.2) is 0 Å². The standard InChI is InChI=1S/C20H23BrN4O3S/c1-11(23-18(26)16-7-12(2)28-25-16)3-5-14-9-20(10-29-19(22)24-20)15-8-13(21)4-6-17(15)27-14/h4,6-8,11,14H,3,5,9-10H2,1-2H3,(H2,22,24)(H,23,26)/t11?,14-,20?/m0/s1. The molecule has 0 saturated carbocycles. The van der Waals surface area contributed by atoms with Gasteiger partial charge in [0.1, 0.15) is 23.2 Å². The summed E-state index contributed by atoms with van der Waals surface area (Å²) in [5.41, 5.74) is 7.05. The number of nitrogens with one attached hydrogen (secondary N) is 1. The van der Waals surface area contributed by atoms with Crippen molar-refractivity contribution < 1.29 is 14.1 Å². The predicted molar refractivity (Wildman–Crippen MR) is 116 cm³/mol. The number of thioether (sulfide) groups is 1. The van der Waals surface area contributed by atoms with Crippen LogP contribution in [0.4, 0.5) is 0 Å². The second-order valence-electron chi connectivity index (χ2n) is 7.63. The number of hydrogen-bond donors (Lipinski definition) is 2. The molecule has 3 atom stereocenters. The molecule has 2 aliphatic rings. The quantitative estimate of drug-likeness (QED) is 0.677. The van der Waals surface area contributed by atoms with Crippen molar-refractivity contribution in [1.82, 2.24) is 10.5 Å². The Hall–Kier alpha value is -2.00. The minimum Gasteiger partial charge on any atom is -0.490 e. The van der Waals surface area contributed by atoms with Crippen LogP contribution in [0, 0.1) is 6.92 Å².